The van der Waals surface area contributed by atoms with Crippen LogP contribution in [0.15, 0.2) is 35.3 Å². The summed E-state index contributed by atoms with van der Waals surface area (Å²) in [6.45, 7) is 0. The Bertz CT molecular complexity index is 666. The van der Waals surface area contributed by atoms with E-state index in [4.69, 9.17) is 28.5 Å². The molecule has 0 spiro atoms. The van der Waals surface area contributed by atoms with Crippen molar-refractivity contribution in [2.45, 2.75) is 6.42 Å². The molecule has 5 heteroatoms. The Balaban J connectivity index is 2.63. The van der Waals surface area contributed by atoms with Crippen LogP contribution in [0.5, 0.6) is 0 Å². The molecule has 1 aromatic carbocycles. The lowest BCUT2D eigenvalue weighted by molar-refractivity contribution is 1.17. The fourth-order valence-corrected chi connectivity index (χ4v) is 2.25. The minimum absolute atomic E-state index is 0.156. The highest BCUT2D eigenvalue weighted by atomic mass is 35.5. The Morgan fingerprint density at radius 2 is 1.83 bits per heavy atom. The second-order valence-electron chi connectivity index (χ2n) is 3.73. The Labute approximate surface area is 114 Å². The zero-order valence-corrected chi connectivity index (χ0v) is 10.7. The number of aromatic amines is 1. The third-order valence-corrected chi connectivity index (χ3v) is 2.89. The van der Waals surface area contributed by atoms with E-state index in [1.54, 1.807) is 24.4 Å². The number of nitrogens with zero attached hydrogens (tertiary/aromatic N) is 1. The molecule has 0 unspecified atom stereocenters. The molecule has 18 heavy (non-hydrogen) atoms. The van der Waals surface area contributed by atoms with Crippen LogP contribution in [0, 0.1) is 11.3 Å². The second-order valence-corrected chi connectivity index (χ2v) is 4.60. The van der Waals surface area contributed by atoms with Gasteiger partial charge in [0.2, 0.25) is 5.56 Å². The van der Waals surface area contributed by atoms with E-state index in [0.29, 0.717) is 15.6 Å². The number of nitriles is 1. The van der Waals surface area contributed by atoms with Crippen molar-refractivity contribution < 1.29 is 0 Å². The maximum atomic E-state index is 11.3. The Morgan fingerprint density at radius 1 is 1.17 bits per heavy atom. The van der Waals surface area contributed by atoms with Crippen LogP contribution in [-0.4, -0.2) is 4.98 Å². The Hall–Kier alpha value is -1.76. The van der Waals surface area contributed by atoms with Gasteiger partial charge >= 0.3 is 0 Å². The Morgan fingerprint density at radius 3 is 2.44 bits per heavy atom. The lowest BCUT2D eigenvalue weighted by atomic mass is 10.0. The van der Waals surface area contributed by atoms with E-state index in [1.807, 2.05) is 6.07 Å². The molecule has 2 aromatic rings. The molecule has 0 aliphatic rings. The van der Waals surface area contributed by atoms with Gasteiger partial charge in [-0.1, -0.05) is 23.2 Å². The van der Waals surface area contributed by atoms with Crippen LogP contribution in [-0.2, 0) is 6.42 Å². The summed E-state index contributed by atoms with van der Waals surface area (Å²) >= 11 is 11.9. The second kappa shape index (κ2) is 5.26. The van der Waals surface area contributed by atoms with E-state index in [-0.39, 0.29) is 12.0 Å². The number of nitrogens with one attached hydrogen (secondary N) is 1. The summed E-state index contributed by atoms with van der Waals surface area (Å²) in [4.78, 5) is 13.9. The first-order chi connectivity index (χ1) is 8.60. The van der Waals surface area contributed by atoms with Crippen LogP contribution >= 0.6 is 23.2 Å². The molecule has 0 fully saturated rings. The van der Waals surface area contributed by atoms with Gasteiger partial charge in [-0.3, -0.25) is 4.79 Å². The summed E-state index contributed by atoms with van der Waals surface area (Å²) in [6, 6.07) is 8.55. The molecule has 0 amide bonds. The molecule has 0 radical (unpaired) electrons. The predicted octanol–water partition coefficient (Wildman–Crippen LogP) is 3.41. The van der Waals surface area contributed by atoms with E-state index >= 15 is 0 Å². The van der Waals surface area contributed by atoms with E-state index in [1.165, 1.54) is 6.07 Å². The number of benzene rings is 1. The van der Waals surface area contributed by atoms with Gasteiger partial charge in [0.05, 0.1) is 12.5 Å². The summed E-state index contributed by atoms with van der Waals surface area (Å²) in [5.41, 5.74) is 1.94. The molecular formula is C13H8Cl2N2O. The predicted molar refractivity (Wildman–Crippen MR) is 71.8 cm³/mol. The first-order valence-corrected chi connectivity index (χ1v) is 5.91. The average molecular weight is 279 g/mol. The largest absolute Gasteiger partial charge is 0.328 e. The standard InChI is InChI=1S/C13H8Cl2N2O/c14-10-3-9(4-11(15)6-10)12-7-17-13(18)5-8(12)1-2-16/h3-7H,1H2,(H,17,18). The molecule has 1 aromatic heterocycles. The number of hydrogen-bond acceptors (Lipinski definition) is 2. The van der Waals surface area contributed by atoms with Gasteiger partial charge in [-0.15, -0.1) is 0 Å². The fourth-order valence-electron chi connectivity index (χ4n) is 1.72. The molecule has 90 valence electrons. The van der Waals surface area contributed by atoms with Crippen molar-refractivity contribution >= 4 is 23.2 Å². The number of halogens is 2. The number of pyridine rings is 1. The SMILES string of the molecule is N#CCc1cc(=O)[nH]cc1-c1cc(Cl)cc(Cl)c1. The van der Waals surface area contributed by atoms with Gasteiger partial charge in [-0.2, -0.15) is 5.26 Å². The van der Waals surface area contributed by atoms with Crippen molar-refractivity contribution in [2.75, 3.05) is 0 Å². The highest BCUT2D eigenvalue weighted by Crippen LogP contribution is 2.28. The molecule has 0 bridgehead atoms. The van der Waals surface area contributed by atoms with E-state index in [9.17, 15) is 4.79 Å². The third-order valence-electron chi connectivity index (χ3n) is 2.45. The summed E-state index contributed by atoms with van der Waals surface area (Å²) in [6.07, 6.45) is 1.72. The summed E-state index contributed by atoms with van der Waals surface area (Å²) < 4.78 is 0. The molecular weight excluding hydrogens is 271 g/mol. The van der Waals surface area contributed by atoms with Gasteiger partial charge in [0.15, 0.2) is 0 Å². The molecule has 0 aliphatic carbocycles. The highest BCUT2D eigenvalue weighted by molar-refractivity contribution is 6.35. The summed E-state index contributed by atoms with van der Waals surface area (Å²) in [7, 11) is 0. The minimum atomic E-state index is -0.239. The van der Waals surface area contributed by atoms with Crippen molar-refractivity contribution in [2.24, 2.45) is 0 Å². The number of H-pyrrole nitrogens is 1. The normalized spacial score (nSPS) is 10.1. The quantitative estimate of drug-likeness (QED) is 0.915. The summed E-state index contributed by atoms with van der Waals surface area (Å²) in [5, 5.41) is 9.79. The van der Waals surface area contributed by atoms with Gasteiger partial charge < -0.3 is 4.98 Å². The molecule has 2 rings (SSSR count). The topological polar surface area (TPSA) is 56.6 Å². The molecule has 0 atom stereocenters. The first kappa shape index (κ1) is 12.7. The van der Waals surface area contributed by atoms with Crippen LogP contribution in [0.3, 0.4) is 0 Å². The summed E-state index contributed by atoms with van der Waals surface area (Å²) in [5.74, 6) is 0. The lowest BCUT2D eigenvalue weighted by Gasteiger charge is -2.07. The Kier molecular flexibility index (Phi) is 3.71. The molecule has 3 nitrogen and oxygen atoms in total. The maximum absolute atomic E-state index is 11.3. The minimum Gasteiger partial charge on any atom is -0.328 e. The molecule has 0 saturated heterocycles. The number of rotatable bonds is 2. The van der Waals surface area contributed by atoms with Gasteiger partial charge in [-0.05, 0) is 29.3 Å². The number of hydrogen-bond donors (Lipinski definition) is 1. The third kappa shape index (κ3) is 2.73. The molecule has 0 saturated carbocycles. The van der Waals surface area contributed by atoms with Crippen LogP contribution in [0.4, 0.5) is 0 Å². The molecule has 1 heterocycles. The van der Waals surface area contributed by atoms with E-state index in [0.717, 1.165) is 11.1 Å². The zero-order chi connectivity index (χ0) is 13.1. The van der Waals surface area contributed by atoms with Crippen molar-refractivity contribution in [3.63, 3.8) is 0 Å². The van der Waals surface area contributed by atoms with Crippen molar-refractivity contribution in [3.8, 4) is 17.2 Å². The van der Waals surface area contributed by atoms with Crippen molar-refractivity contribution in [1.29, 1.82) is 5.26 Å². The van der Waals surface area contributed by atoms with Gasteiger partial charge in [0.1, 0.15) is 0 Å². The van der Waals surface area contributed by atoms with Crippen LogP contribution in [0.25, 0.3) is 11.1 Å². The van der Waals surface area contributed by atoms with Crippen LogP contribution in [0.1, 0.15) is 5.56 Å². The monoisotopic (exact) mass is 278 g/mol. The van der Waals surface area contributed by atoms with E-state index in [2.05, 4.69) is 4.98 Å². The fraction of sp³-hybridized carbons (Fsp3) is 0.0769. The van der Waals surface area contributed by atoms with Crippen molar-refractivity contribution in [3.05, 3.63) is 56.4 Å². The van der Waals surface area contributed by atoms with E-state index < -0.39 is 0 Å². The number of aromatic nitrogens is 1. The van der Waals surface area contributed by atoms with Gasteiger partial charge in [0, 0.05) is 27.9 Å². The average Bonchev–Trinajstić information content (AvgIpc) is 2.28. The highest BCUT2D eigenvalue weighted by Gasteiger charge is 2.08. The zero-order valence-electron chi connectivity index (χ0n) is 9.21. The lowest BCUT2D eigenvalue weighted by Crippen LogP contribution is -2.06. The van der Waals surface area contributed by atoms with Crippen molar-refractivity contribution in [1.82, 2.24) is 4.98 Å². The molecule has 1 N–H and O–H groups in total. The van der Waals surface area contributed by atoms with Gasteiger partial charge in [-0.25, -0.2) is 0 Å². The van der Waals surface area contributed by atoms with Crippen LogP contribution in [0.2, 0.25) is 10.0 Å². The maximum Gasteiger partial charge on any atom is 0.248 e. The smallest absolute Gasteiger partial charge is 0.248 e. The van der Waals surface area contributed by atoms with Crippen LogP contribution < -0.4 is 5.56 Å². The molecule has 0 aliphatic heterocycles. The van der Waals surface area contributed by atoms with Gasteiger partial charge in [0.25, 0.3) is 0 Å². The first-order valence-electron chi connectivity index (χ1n) is 5.15.